The van der Waals surface area contributed by atoms with E-state index in [1.54, 1.807) is 7.11 Å². The number of aromatic nitrogens is 2. The van der Waals surface area contributed by atoms with Crippen LogP contribution in [0.25, 0.3) is 11.0 Å². The van der Waals surface area contributed by atoms with Crippen molar-refractivity contribution in [1.82, 2.24) is 14.9 Å². The van der Waals surface area contributed by atoms with Crippen LogP contribution in [0.3, 0.4) is 0 Å². The maximum Gasteiger partial charge on any atom is 0.121 e. The second kappa shape index (κ2) is 4.22. The molecule has 1 saturated heterocycles. The predicted molar refractivity (Wildman–Crippen MR) is 79.4 cm³/mol. The minimum atomic E-state index is 0.162. The molecule has 1 saturated carbocycles. The zero-order valence-corrected chi connectivity index (χ0v) is 12.1. The molecule has 0 radical (unpaired) electrons. The number of nitrogens with one attached hydrogen (secondary N) is 1. The molecule has 2 heterocycles. The van der Waals surface area contributed by atoms with Crippen LogP contribution in [-0.2, 0) is 5.41 Å². The van der Waals surface area contributed by atoms with Crippen molar-refractivity contribution in [2.45, 2.75) is 37.6 Å². The van der Waals surface area contributed by atoms with E-state index in [0.29, 0.717) is 6.04 Å². The SMILES string of the molecule is COc1ccc2c(c1)nc(C1(C)CCNC1)n2C1CC1. The summed E-state index contributed by atoms with van der Waals surface area (Å²) in [5, 5.41) is 3.49. The van der Waals surface area contributed by atoms with Gasteiger partial charge in [-0.05, 0) is 37.9 Å². The summed E-state index contributed by atoms with van der Waals surface area (Å²) >= 11 is 0. The van der Waals surface area contributed by atoms with Crippen LogP contribution in [0.4, 0.5) is 0 Å². The Labute approximate surface area is 119 Å². The van der Waals surface area contributed by atoms with Crippen molar-refractivity contribution in [2.24, 2.45) is 0 Å². The second-order valence-electron chi connectivity index (χ2n) is 6.38. The molecular weight excluding hydrogens is 250 g/mol. The first-order valence-electron chi connectivity index (χ1n) is 7.48. The van der Waals surface area contributed by atoms with Gasteiger partial charge >= 0.3 is 0 Å². The van der Waals surface area contributed by atoms with Gasteiger partial charge in [-0.1, -0.05) is 6.92 Å². The summed E-state index contributed by atoms with van der Waals surface area (Å²) in [5.41, 5.74) is 2.49. The van der Waals surface area contributed by atoms with E-state index in [9.17, 15) is 0 Å². The topological polar surface area (TPSA) is 39.1 Å². The van der Waals surface area contributed by atoms with Gasteiger partial charge in [0.05, 0.1) is 18.1 Å². The molecule has 0 amide bonds. The third kappa shape index (κ3) is 1.74. The van der Waals surface area contributed by atoms with E-state index in [2.05, 4.69) is 28.9 Å². The van der Waals surface area contributed by atoms with Crippen LogP contribution in [0.15, 0.2) is 18.2 Å². The van der Waals surface area contributed by atoms with E-state index >= 15 is 0 Å². The van der Waals surface area contributed by atoms with E-state index in [1.807, 2.05) is 6.07 Å². The van der Waals surface area contributed by atoms with Gasteiger partial charge < -0.3 is 14.6 Å². The van der Waals surface area contributed by atoms with Gasteiger partial charge in [-0.15, -0.1) is 0 Å². The van der Waals surface area contributed by atoms with Crippen LogP contribution in [0.2, 0.25) is 0 Å². The maximum absolute atomic E-state index is 5.34. The largest absolute Gasteiger partial charge is 0.497 e. The van der Waals surface area contributed by atoms with E-state index in [1.165, 1.54) is 30.6 Å². The van der Waals surface area contributed by atoms with Gasteiger partial charge in [-0.2, -0.15) is 0 Å². The molecule has 4 nitrogen and oxygen atoms in total. The predicted octanol–water partition coefficient (Wildman–Crippen LogP) is 2.63. The Kier molecular flexibility index (Phi) is 2.58. The van der Waals surface area contributed by atoms with E-state index in [4.69, 9.17) is 9.72 Å². The highest BCUT2D eigenvalue weighted by Crippen LogP contribution is 2.43. The molecule has 1 atom stereocenters. The molecule has 0 bridgehead atoms. The third-order valence-electron chi connectivity index (χ3n) is 4.72. The number of nitrogens with zero attached hydrogens (tertiary/aromatic N) is 2. The molecule has 1 N–H and O–H groups in total. The quantitative estimate of drug-likeness (QED) is 0.932. The summed E-state index contributed by atoms with van der Waals surface area (Å²) in [4.78, 5) is 4.98. The monoisotopic (exact) mass is 271 g/mol. The summed E-state index contributed by atoms with van der Waals surface area (Å²) < 4.78 is 7.82. The van der Waals surface area contributed by atoms with Crippen LogP contribution in [0.1, 0.15) is 38.1 Å². The molecule has 1 aliphatic carbocycles. The van der Waals surface area contributed by atoms with Gasteiger partial charge in [0.15, 0.2) is 0 Å². The lowest BCUT2D eigenvalue weighted by Crippen LogP contribution is -2.29. The van der Waals surface area contributed by atoms with Crippen molar-refractivity contribution in [1.29, 1.82) is 0 Å². The molecule has 1 aliphatic heterocycles. The number of hydrogen-bond acceptors (Lipinski definition) is 3. The first-order valence-corrected chi connectivity index (χ1v) is 7.48. The molecule has 20 heavy (non-hydrogen) atoms. The second-order valence-corrected chi connectivity index (χ2v) is 6.38. The lowest BCUT2D eigenvalue weighted by atomic mass is 9.88. The van der Waals surface area contributed by atoms with Gasteiger partial charge in [0, 0.05) is 24.1 Å². The Morgan fingerprint density at radius 1 is 1.40 bits per heavy atom. The molecule has 4 heteroatoms. The Morgan fingerprint density at radius 2 is 2.25 bits per heavy atom. The van der Waals surface area contributed by atoms with Crippen molar-refractivity contribution in [3.05, 3.63) is 24.0 Å². The van der Waals surface area contributed by atoms with E-state index < -0.39 is 0 Å². The minimum absolute atomic E-state index is 0.162. The lowest BCUT2D eigenvalue weighted by molar-refractivity contribution is 0.415. The van der Waals surface area contributed by atoms with E-state index in [0.717, 1.165) is 24.4 Å². The fraction of sp³-hybridized carbons (Fsp3) is 0.562. The average Bonchev–Trinajstić information content (AvgIpc) is 3.08. The molecule has 1 aromatic heterocycles. The van der Waals surface area contributed by atoms with Gasteiger partial charge in [0.25, 0.3) is 0 Å². The van der Waals surface area contributed by atoms with Gasteiger partial charge in [-0.3, -0.25) is 0 Å². The molecule has 2 fully saturated rings. The number of imidazole rings is 1. The van der Waals surface area contributed by atoms with Crippen molar-refractivity contribution in [3.8, 4) is 5.75 Å². The van der Waals surface area contributed by atoms with Gasteiger partial charge in [-0.25, -0.2) is 4.98 Å². The van der Waals surface area contributed by atoms with Crippen LogP contribution >= 0.6 is 0 Å². The Morgan fingerprint density at radius 3 is 2.90 bits per heavy atom. The molecule has 2 aliphatic rings. The summed E-state index contributed by atoms with van der Waals surface area (Å²) in [6, 6.07) is 6.92. The Balaban J connectivity index is 1.92. The number of ether oxygens (including phenoxy) is 1. The molecular formula is C16H21N3O. The average molecular weight is 271 g/mol. The first kappa shape index (κ1) is 12.2. The van der Waals surface area contributed by atoms with Crippen LogP contribution < -0.4 is 10.1 Å². The Hall–Kier alpha value is -1.55. The zero-order valence-electron chi connectivity index (χ0n) is 12.1. The summed E-state index contributed by atoms with van der Waals surface area (Å²) in [7, 11) is 1.71. The number of benzene rings is 1. The number of fused-ring (bicyclic) bond motifs is 1. The van der Waals surface area contributed by atoms with Crippen LogP contribution in [0.5, 0.6) is 5.75 Å². The number of methoxy groups -OCH3 is 1. The molecule has 106 valence electrons. The fourth-order valence-corrected chi connectivity index (χ4v) is 3.34. The van der Waals surface area contributed by atoms with Gasteiger partial charge in [0.2, 0.25) is 0 Å². The van der Waals surface area contributed by atoms with Crippen molar-refractivity contribution in [3.63, 3.8) is 0 Å². The molecule has 4 rings (SSSR count). The smallest absolute Gasteiger partial charge is 0.121 e. The van der Waals surface area contributed by atoms with E-state index in [-0.39, 0.29) is 5.41 Å². The highest BCUT2D eigenvalue weighted by Gasteiger charge is 2.39. The summed E-state index contributed by atoms with van der Waals surface area (Å²) in [6.07, 6.45) is 3.74. The maximum atomic E-state index is 5.34. The zero-order chi connectivity index (χ0) is 13.7. The van der Waals surface area contributed by atoms with Gasteiger partial charge in [0.1, 0.15) is 11.6 Å². The van der Waals surface area contributed by atoms with Crippen molar-refractivity contribution < 1.29 is 4.74 Å². The van der Waals surface area contributed by atoms with Crippen LogP contribution in [0, 0.1) is 0 Å². The molecule has 1 unspecified atom stereocenters. The molecule has 0 spiro atoms. The number of hydrogen-bond donors (Lipinski definition) is 1. The minimum Gasteiger partial charge on any atom is -0.497 e. The number of rotatable bonds is 3. The first-order chi connectivity index (χ1) is 9.71. The fourth-order valence-electron chi connectivity index (χ4n) is 3.34. The highest BCUT2D eigenvalue weighted by molar-refractivity contribution is 5.78. The van der Waals surface area contributed by atoms with Crippen molar-refractivity contribution >= 4 is 11.0 Å². The lowest BCUT2D eigenvalue weighted by Gasteiger charge is -2.23. The van der Waals surface area contributed by atoms with Crippen LogP contribution in [-0.4, -0.2) is 29.8 Å². The standard InChI is InChI=1S/C16H21N3O/c1-16(7-8-17-10-16)15-18-13-9-12(20-2)5-6-14(13)19(15)11-3-4-11/h5-6,9,11,17H,3-4,7-8,10H2,1-2H3. The Bertz CT molecular complexity index is 651. The summed E-state index contributed by atoms with van der Waals surface area (Å²) in [5.74, 6) is 2.15. The third-order valence-corrected chi connectivity index (χ3v) is 4.72. The summed E-state index contributed by atoms with van der Waals surface area (Å²) in [6.45, 7) is 4.46. The van der Waals surface area contributed by atoms with Crippen molar-refractivity contribution in [2.75, 3.05) is 20.2 Å². The molecule has 2 aromatic rings. The normalized spacial score (nSPS) is 26.3. The molecule has 1 aromatic carbocycles. The highest BCUT2D eigenvalue weighted by atomic mass is 16.5.